The number of nitrogens with zero attached hydrogens (tertiary/aromatic N) is 6. The summed E-state index contributed by atoms with van der Waals surface area (Å²) >= 11 is 1.48. The Kier molecular flexibility index (Phi) is 20.6. The van der Waals surface area contributed by atoms with Gasteiger partial charge >= 0.3 is 5.97 Å². The zero-order valence-electron chi connectivity index (χ0n) is 51.4. The van der Waals surface area contributed by atoms with Gasteiger partial charge in [-0.05, 0) is 95.6 Å². The van der Waals surface area contributed by atoms with E-state index in [0.29, 0.717) is 131 Å². The topological polar surface area (TPSA) is 240 Å². The van der Waals surface area contributed by atoms with Crippen molar-refractivity contribution in [3.63, 3.8) is 0 Å². The molecule has 0 aromatic carbocycles. The predicted molar refractivity (Wildman–Crippen MR) is 321 cm³/mol. The molecule has 1 unspecified atom stereocenters. The molecule has 87 heavy (non-hydrogen) atoms. The van der Waals surface area contributed by atoms with E-state index in [1.54, 1.807) is 21.3 Å². The van der Waals surface area contributed by atoms with Gasteiger partial charge in [0.1, 0.15) is 30.1 Å². The third kappa shape index (κ3) is 14.4. The van der Waals surface area contributed by atoms with Gasteiger partial charge in [0, 0.05) is 124 Å². The fourth-order valence-electron chi connectivity index (χ4n) is 15.1. The average Bonchev–Trinajstić information content (AvgIpc) is 3.57. The number of hydrogen-bond donors (Lipinski definition) is 3. The molecule has 12 atom stereocenters. The van der Waals surface area contributed by atoms with E-state index in [1.807, 2.05) is 17.2 Å². The third-order valence-electron chi connectivity index (χ3n) is 19.4. The van der Waals surface area contributed by atoms with E-state index in [1.165, 1.54) is 28.1 Å². The van der Waals surface area contributed by atoms with Crippen LogP contribution in [0.25, 0.3) is 0 Å². The van der Waals surface area contributed by atoms with Crippen LogP contribution in [0.1, 0.15) is 123 Å². The van der Waals surface area contributed by atoms with Crippen LogP contribution in [0.4, 0.5) is 0 Å². The Balaban J connectivity index is 0.821. The lowest BCUT2D eigenvalue weighted by atomic mass is 9.84. The third-order valence-corrected chi connectivity index (χ3v) is 20.8. The van der Waals surface area contributed by atoms with Crippen LogP contribution < -0.4 is 5.32 Å². The van der Waals surface area contributed by atoms with Crippen molar-refractivity contribution in [3.8, 4) is 0 Å². The number of likely N-dealkylation sites (tertiary alicyclic amines) is 1. The summed E-state index contributed by atoms with van der Waals surface area (Å²) in [6, 6.07) is -0.593. The largest absolute Gasteiger partial charge is 0.498 e. The molecule has 3 N–H and O–H groups in total. The van der Waals surface area contributed by atoms with Gasteiger partial charge in [-0.2, -0.15) is 0 Å². The van der Waals surface area contributed by atoms with Crippen molar-refractivity contribution in [1.29, 1.82) is 0 Å². The highest BCUT2D eigenvalue weighted by Gasteiger charge is 2.50. The highest BCUT2D eigenvalue weighted by molar-refractivity contribution is 8.01. The molecule has 6 heterocycles. The summed E-state index contributed by atoms with van der Waals surface area (Å²) in [6.45, 7) is 8.56. The van der Waals surface area contributed by atoms with Crippen molar-refractivity contribution in [2.24, 2.45) is 28.7 Å². The minimum Gasteiger partial charge on any atom is -0.498 e. The van der Waals surface area contributed by atoms with Crippen LogP contribution in [0, 0.1) is 23.7 Å². The van der Waals surface area contributed by atoms with Crippen LogP contribution in [0.15, 0.2) is 74.9 Å². The standard InChI is InChI=1S/C64H91N7O15S/c1-64(2,87-56-33-59(74)68(63(56)78)17-16-60(75)86-71-57(72)14-15-58(71)73)38-67(18-19-82-22-23-83-21-20-79-3)43-25-39(36-84-54-31-48-46(29-52(54)80-4)61(76)69-44(34-65-48)27-41-10-6-8-12-50(41)69)24-40(26-43)37-85-55-32-49-47(30-53(55)81-5)62(77)70-45(35-66-49)28-42-11-7-9-13-51(42)70/h12-13,25,29,35,40-45,47-49,56-57,59,65,72,74H,6-11,14-24,26-28,30-34,36-38H2,1-5H3/t40-,41-,42+,43+,44-,45-,47-,48-,49+,56?,57-,59-/m0/s1. The van der Waals surface area contributed by atoms with Gasteiger partial charge in [0.15, 0.2) is 12.0 Å². The number of nitrogens with one attached hydrogen (secondary N) is 1. The molecule has 0 aromatic heterocycles. The summed E-state index contributed by atoms with van der Waals surface area (Å²) < 4.78 is 42.5. The second kappa shape index (κ2) is 28.3. The quantitative estimate of drug-likeness (QED) is 0.0728. The van der Waals surface area contributed by atoms with Crippen LogP contribution in [0.2, 0.25) is 0 Å². The second-order valence-corrected chi connectivity index (χ2v) is 27.7. The monoisotopic (exact) mass is 1230 g/mol. The second-order valence-electron chi connectivity index (χ2n) is 25.8. The number of rotatable bonds is 26. The summed E-state index contributed by atoms with van der Waals surface area (Å²) in [5.41, 5.74) is 4.09. The number of fused-ring (bicyclic) bond motifs is 8. The summed E-state index contributed by atoms with van der Waals surface area (Å²) in [5.74, 6) is 1.64. The number of hydrogen-bond acceptors (Lipinski definition) is 19. The molecule has 0 radical (unpaired) electrons. The molecule has 0 aromatic rings. The molecule has 5 aliphatic carbocycles. The molecule has 4 amide bonds. The molecule has 23 heteroatoms. The Labute approximate surface area is 515 Å². The lowest BCUT2D eigenvalue weighted by molar-refractivity contribution is -0.220. The van der Waals surface area contributed by atoms with Gasteiger partial charge in [-0.15, -0.1) is 16.8 Å². The molecule has 0 bridgehead atoms. The number of thioether (sulfide) groups is 1. The van der Waals surface area contributed by atoms with Crippen LogP contribution >= 0.6 is 11.8 Å². The van der Waals surface area contributed by atoms with Gasteiger partial charge in [-0.25, -0.2) is 4.79 Å². The maximum atomic E-state index is 14.5. The number of aliphatic hydroxyl groups is 2. The molecular weight excluding hydrogens is 1140 g/mol. The molecule has 11 rings (SSSR count). The Morgan fingerprint density at radius 2 is 1.57 bits per heavy atom. The van der Waals surface area contributed by atoms with Crippen molar-refractivity contribution < 1.29 is 72.2 Å². The first kappa shape index (κ1) is 63.3. The van der Waals surface area contributed by atoms with Crippen molar-refractivity contribution in [3.05, 3.63) is 69.9 Å². The van der Waals surface area contributed by atoms with Crippen LogP contribution in [0.5, 0.6) is 0 Å². The van der Waals surface area contributed by atoms with Crippen LogP contribution in [0.3, 0.4) is 0 Å². The molecule has 478 valence electrons. The first-order valence-corrected chi connectivity index (χ1v) is 32.8. The van der Waals surface area contributed by atoms with E-state index in [9.17, 15) is 34.2 Å². The van der Waals surface area contributed by atoms with Gasteiger partial charge in [0.25, 0.3) is 11.8 Å². The number of amides is 4. The van der Waals surface area contributed by atoms with E-state index in [2.05, 4.69) is 47.2 Å². The summed E-state index contributed by atoms with van der Waals surface area (Å²) in [6.07, 6.45) is 19.5. The number of aliphatic imine (C=N–C) groups is 1. The molecule has 0 spiro atoms. The van der Waals surface area contributed by atoms with Gasteiger partial charge in [-0.1, -0.05) is 18.2 Å². The maximum Gasteiger partial charge on any atom is 0.334 e. The lowest BCUT2D eigenvalue weighted by Gasteiger charge is -2.41. The Morgan fingerprint density at radius 3 is 2.32 bits per heavy atom. The zero-order valence-corrected chi connectivity index (χ0v) is 52.2. The Bertz CT molecular complexity index is 2800. The predicted octanol–water partition coefficient (Wildman–Crippen LogP) is 5.38. The number of allylic oxidation sites excluding steroid dienone is 6. The minimum atomic E-state index is -1.22. The van der Waals surface area contributed by atoms with Gasteiger partial charge in [-0.3, -0.25) is 29.1 Å². The Morgan fingerprint density at radius 1 is 0.816 bits per heavy atom. The number of carbonyl (C=O) groups excluding carboxylic acids is 5. The normalized spacial score (nSPS) is 31.5. The van der Waals surface area contributed by atoms with Crippen LogP contribution in [-0.2, 0) is 62.0 Å². The summed E-state index contributed by atoms with van der Waals surface area (Å²) in [4.78, 5) is 86.0. The average molecular weight is 1230 g/mol. The molecule has 5 fully saturated rings. The molecule has 5 saturated heterocycles. The highest BCUT2D eigenvalue weighted by atomic mass is 32.2. The van der Waals surface area contributed by atoms with E-state index in [-0.39, 0.29) is 98.6 Å². The van der Waals surface area contributed by atoms with Gasteiger partial charge in [0.2, 0.25) is 11.8 Å². The molecule has 0 saturated carbocycles. The smallest absolute Gasteiger partial charge is 0.334 e. The van der Waals surface area contributed by atoms with Crippen molar-refractivity contribution >= 4 is 47.6 Å². The fourth-order valence-corrected chi connectivity index (χ4v) is 16.7. The first-order valence-electron chi connectivity index (χ1n) is 31.9. The number of carbonyl (C=O) groups is 5. The SMILES string of the molecule is COCCOCCOCCN(CC(C)(C)SC1C[C@H](O)N(CCC(=O)ON2C(=O)CC[C@@H]2O)C1=O)[C@@H]1C=C(COC2=C(OC)C=C3C(=O)N4C5=CCCC[C@H]5C[C@H]4CN[C@H]3C2)C[C@H](COC2=C(OC)C[C@@H]3C(=O)N4C5=CCCC[C@@H]5C[C@H]4C=N[C@@H]3C2)C1. The highest BCUT2D eigenvalue weighted by Crippen LogP contribution is 2.47. The van der Waals surface area contributed by atoms with Crippen molar-refractivity contribution in [1.82, 2.24) is 30.0 Å². The van der Waals surface area contributed by atoms with Crippen molar-refractivity contribution in [2.45, 2.75) is 176 Å². The molecule has 22 nitrogen and oxygen atoms in total. The number of aliphatic hydroxyl groups excluding tert-OH is 2. The lowest BCUT2D eigenvalue weighted by Crippen LogP contribution is -2.47. The van der Waals surface area contributed by atoms with E-state index in [4.69, 9.17) is 43.0 Å². The number of hydroxylamine groups is 2. The van der Waals surface area contributed by atoms with E-state index in [0.717, 1.165) is 62.7 Å². The van der Waals surface area contributed by atoms with Crippen molar-refractivity contribution in [2.75, 3.05) is 93.8 Å². The maximum absolute atomic E-state index is 14.5. The minimum absolute atomic E-state index is 0.00452. The molecular formula is C64H91N7O15S. The zero-order chi connectivity index (χ0) is 60.9. The van der Waals surface area contributed by atoms with E-state index < -0.39 is 34.3 Å². The molecule has 11 aliphatic rings. The number of ether oxygens (including phenoxy) is 7. The van der Waals surface area contributed by atoms with Gasteiger partial charge in [0.05, 0.1) is 89.6 Å². The summed E-state index contributed by atoms with van der Waals surface area (Å²) in [7, 11) is 4.91. The Hall–Kier alpha value is -5.27. The number of methoxy groups -OCH3 is 3. The van der Waals surface area contributed by atoms with Crippen LogP contribution in [-0.4, -0.2) is 217 Å². The first-order chi connectivity index (χ1) is 42.1. The fraction of sp³-hybridized carbons (Fsp3) is 0.719. The van der Waals surface area contributed by atoms with Gasteiger partial charge < -0.3 is 68.2 Å². The molecule has 6 aliphatic heterocycles. The summed E-state index contributed by atoms with van der Waals surface area (Å²) in [5, 5.41) is 25.1. The van der Waals surface area contributed by atoms with E-state index >= 15 is 0 Å².